The summed E-state index contributed by atoms with van der Waals surface area (Å²) < 4.78 is 14.5. The number of aromatic nitrogens is 3. The average molecular weight is 850 g/mol. The van der Waals surface area contributed by atoms with Gasteiger partial charge in [-0.15, -0.1) is 0 Å². The fourth-order valence-corrected chi connectivity index (χ4v) is 10.1. The van der Waals surface area contributed by atoms with E-state index in [1.54, 1.807) is 17.9 Å². The Morgan fingerprint density at radius 3 is 2.51 bits per heavy atom. The summed E-state index contributed by atoms with van der Waals surface area (Å²) in [4.78, 5) is 79.2. The SMILES string of the molecule is CC(=O)N1CCn2c(C3CCOCC3)nc(-c3cccc4cc(-c5ccc(O[C@@H]6CCCN(C(=O)CCc7cccc8c7CN(C7CCC(=O)NC7=O)C8=O)C6)cc5)ncc34)c2C1. The van der Waals surface area contributed by atoms with Gasteiger partial charge in [-0.3, -0.25) is 34.3 Å². The van der Waals surface area contributed by atoms with Crippen LogP contribution in [-0.4, -0.2) is 104 Å². The lowest BCUT2D eigenvalue weighted by atomic mass is 9.99. The van der Waals surface area contributed by atoms with Crippen molar-refractivity contribution in [2.24, 2.45) is 0 Å². The highest BCUT2D eigenvalue weighted by Crippen LogP contribution is 2.38. The number of nitrogens with zero attached hydrogens (tertiary/aromatic N) is 6. The molecular formula is C49H51N7O7. The van der Waals surface area contributed by atoms with Crippen LogP contribution in [0.3, 0.4) is 0 Å². The van der Waals surface area contributed by atoms with Gasteiger partial charge in [-0.05, 0) is 91.4 Å². The van der Waals surface area contributed by atoms with E-state index in [1.165, 1.54) is 0 Å². The van der Waals surface area contributed by atoms with E-state index in [9.17, 15) is 24.0 Å². The molecule has 2 atom stereocenters. The number of likely N-dealkylation sites (tertiary alicyclic amines) is 1. The van der Waals surface area contributed by atoms with E-state index in [0.29, 0.717) is 56.9 Å². The van der Waals surface area contributed by atoms with Gasteiger partial charge in [-0.2, -0.15) is 0 Å². The van der Waals surface area contributed by atoms with Crippen LogP contribution in [0.2, 0.25) is 0 Å². The first kappa shape index (κ1) is 40.6. The molecule has 0 aliphatic carbocycles. The molecule has 0 bridgehead atoms. The summed E-state index contributed by atoms with van der Waals surface area (Å²) >= 11 is 0. The Labute approximate surface area is 365 Å². The molecule has 3 fully saturated rings. The Kier molecular flexibility index (Phi) is 11.0. The van der Waals surface area contributed by atoms with E-state index in [4.69, 9.17) is 19.4 Å². The standard InChI is InChI=1S/C49H51N7O7/c1-30(57)53-21-22-55-43(29-53)46(52-47(55)33-18-23-62-24-19-33)37-8-3-6-34-25-41(50-26-39(34)37)32-10-13-35(14-11-32)63-36-7-4-20-54(27-36)45(59)17-12-31-5-2-9-38-40(31)28-56(49(38)61)42-15-16-44(58)51-48(42)60/h2-3,5-6,8-11,13-14,25-26,33,36,42H,4,7,12,15-24,27-29H2,1H3,(H,51,58,60)/t36-,42?/m1/s1. The Hall–Kier alpha value is -6.41. The van der Waals surface area contributed by atoms with Gasteiger partial charge in [0.1, 0.15) is 23.7 Å². The third-order valence-corrected chi connectivity index (χ3v) is 13.6. The molecule has 0 saturated carbocycles. The molecule has 5 aliphatic heterocycles. The summed E-state index contributed by atoms with van der Waals surface area (Å²) in [5.74, 6) is 1.29. The van der Waals surface area contributed by atoms with Crippen LogP contribution in [0.25, 0.3) is 33.3 Å². The van der Waals surface area contributed by atoms with Crippen molar-refractivity contribution < 1.29 is 33.4 Å². The van der Waals surface area contributed by atoms with Crippen molar-refractivity contribution in [3.63, 3.8) is 0 Å². The smallest absolute Gasteiger partial charge is 0.255 e. The average Bonchev–Trinajstić information content (AvgIpc) is 3.86. The number of aryl methyl sites for hydroxylation is 1. The lowest BCUT2D eigenvalue weighted by Gasteiger charge is -2.33. The Morgan fingerprint density at radius 2 is 1.70 bits per heavy atom. The minimum absolute atomic E-state index is 0.0405. The predicted molar refractivity (Wildman–Crippen MR) is 233 cm³/mol. The minimum Gasteiger partial charge on any atom is -0.489 e. The Morgan fingerprint density at radius 1 is 0.889 bits per heavy atom. The summed E-state index contributed by atoms with van der Waals surface area (Å²) in [6.07, 6.45) is 6.63. The maximum absolute atomic E-state index is 13.6. The maximum Gasteiger partial charge on any atom is 0.255 e. The normalized spacial score (nSPS) is 20.5. The van der Waals surface area contributed by atoms with Gasteiger partial charge in [-0.1, -0.05) is 30.3 Å². The number of piperidine rings is 2. The van der Waals surface area contributed by atoms with Crippen LogP contribution >= 0.6 is 0 Å². The monoisotopic (exact) mass is 849 g/mol. The first-order valence-electron chi connectivity index (χ1n) is 22.3. The highest BCUT2D eigenvalue weighted by molar-refractivity contribution is 6.05. The fourth-order valence-electron chi connectivity index (χ4n) is 10.1. The number of benzene rings is 3. The number of carbonyl (C=O) groups is 5. The van der Waals surface area contributed by atoms with Crippen LogP contribution in [0.1, 0.15) is 90.8 Å². The number of hydrogen-bond acceptors (Lipinski definition) is 9. The molecule has 0 spiro atoms. The lowest BCUT2D eigenvalue weighted by molar-refractivity contribution is -0.137. The number of pyridine rings is 1. The minimum atomic E-state index is -0.679. The number of fused-ring (bicyclic) bond motifs is 3. The first-order chi connectivity index (χ1) is 30.7. The van der Waals surface area contributed by atoms with Gasteiger partial charge in [0.25, 0.3) is 5.91 Å². The van der Waals surface area contributed by atoms with Gasteiger partial charge in [0, 0.05) is 93.3 Å². The predicted octanol–water partition coefficient (Wildman–Crippen LogP) is 5.79. The van der Waals surface area contributed by atoms with Crippen LogP contribution in [0.4, 0.5) is 0 Å². The van der Waals surface area contributed by atoms with E-state index in [-0.39, 0.29) is 42.7 Å². The molecule has 2 aromatic heterocycles. The summed E-state index contributed by atoms with van der Waals surface area (Å²) in [5, 5.41) is 4.42. The third-order valence-electron chi connectivity index (χ3n) is 13.6. The second-order valence-electron chi connectivity index (χ2n) is 17.4. The quantitative estimate of drug-likeness (QED) is 0.182. The molecule has 63 heavy (non-hydrogen) atoms. The highest BCUT2D eigenvalue weighted by Gasteiger charge is 2.40. The molecule has 324 valence electrons. The molecule has 1 N–H and O–H groups in total. The Bertz CT molecular complexity index is 2630. The van der Waals surface area contributed by atoms with Gasteiger partial charge in [0.2, 0.25) is 23.6 Å². The van der Waals surface area contributed by atoms with Crippen LogP contribution in [-0.2, 0) is 50.0 Å². The van der Waals surface area contributed by atoms with Gasteiger partial charge in [0.05, 0.1) is 30.2 Å². The number of rotatable bonds is 9. The molecule has 7 heterocycles. The number of imidazole rings is 1. The van der Waals surface area contributed by atoms with Gasteiger partial charge in [-0.25, -0.2) is 4.98 Å². The van der Waals surface area contributed by atoms with Crippen molar-refractivity contribution >= 4 is 40.3 Å². The van der Waals surface area contributed by atoms with Crippen LogP contribution in [0, 0.1) is 0 Å². The molecule has 5 amide bonds. The maximum atomic E-state index is 13.6. The summed E-state index contributed by atoms with van der Waals surface area (Å²) in [6, 6.07) is 21.2. The zero-order valence-electron chi connectivity index (χ0n) is 35.5. The van der Waals surface area contributed by atoms with E-state index in [2.05, 4.69) is 34.1 Å². The molecule has 5 aromatic rings. The largest absolute Gasteiger partial charge is 0.489 e. The fraction of sp³-hybridized carbons (Fsp3) is 0.408. The van der Waals surface area contributed by atoms with E-state index >= 15 is 0 Å². The van der Waals surface area contributed by atoms with Crippen molar-refractivity contribution in [2.75, 3.05) is 32.8 Å². The van der Waals surface area contributed by atoms with Crippen molar-refractivity contribution in [3.05, 3.63) is 101 Å². The number of carbonyl (C=O) groups excluding carboxylic acids is 5. The molecule has 1 unspecified atom stereocenters. The number of hydrogen-bond donors (Lipinski definition) is 1. The molecule has 3 saturated heterocycles. The summed E-state index contributed by atoms with van der Waals surface area (Å²) in [5.41, 5.74) is 7.14. The van der Waals surface area contributed by atoms with E-state index in [0.717, 1.165) is 107 Å². The van der Waals surface area contributed by atoms with E-state index < -0.39 is 11.9 Å². The molecule has 3 aromatic carbocycles. The topological polar surface area (TPSA) is 156 Å². The van der Waals surface area contributed by atoms with Crippen LogP contribution in [0.15, 0.2) is 72.9 Å². The van der Waals surface area contributed by atoms with Gasteiger partial charge in [0.15, 0.2) is 0 Å². The number of amides is 5. The van der Waals surface area contributed by atoms with Crippen molar-refractivity contribution in [1.29, 1.82) is 0 Å². The van der Waals surface area contributed by atoms with Crippen LogP contribution < -0.4 is 10.1 Å². The molecule has 5 aliphatic rings. The molecule has 14 heteroatoms. The third kappa shape index (κ3) is 7.96. The lowest BCUT2D eigenvalue weighted by Crippen LogP contribution is -2.52. The zero-order chi connectivity index (χ0) is 43.2. The molecule has 14 nitrogen and oxygen atoms in total. The molecular weight excluding hydrogens is 799 g/mol. The second kappa shape index (κ2) is 17.0. The van der Waals surface area contributed by atoms with Crippen molar-refractivity contribution in [2.45, 2.75) is 96.0 Å². The van der Waals surface area contributed by atoms with Gasteiger partial charge >= 0.3 is 0 Å². The highest BCUT2D eigenvalue weighted by atomic mass is 16.5. The van der Waals surface area contributed by atoms with Gasteiger partial charge < -0.3 is 28.7 Å². The molecule has 10 rings (SSSR count). The zero-order valence-corrected chi connectivity index (χ0v) is 35.5. The van der Waals surface area contributed by atoms with Crippen LogP contribution in [0.5, 0.6) is 5.75 Å². The second-order valence-corrected chi connectivity index (χ2v) is 17.4. The number of ether oxygens (including phenoxy) is 2. The molecule has 0 radical (unpaired) electrons. The summed E-state index contributed by atoms with van der Waals surface area (Å²) in [7, 11) is 0. The van der Waals surface area contributed by atoms with E-state index in [1.807, 2.05) is 52.4 Å². The number of nitrogens with one attached hydrogen (secondary N) is 1. The Balaban J connectivity index is 0.790. The summed E-state index contributed by atoms with van der Waals surface area (Å²) in [6.45, 7) is 6.49. The number of imide groups is 1. The van der Waals surface area contributed by atoms with Crippen molar-refractivity contribution in [1.82, 2.24) is 34.6 Å². The van der Waals surface area contributed by atoms with Crippen molar-refractivity contribution in [3.8, 4) is 28.3 Å². The first-order valence-corrected chi connectivity index (χ1v) is 22.3.